The normalized spacial score (nSPS) is 10.3. The van der Waals surface area contributed by atoms with Gasteiger partial charge in [-0.15, -0.1) is 0 Å². The largest absolute Gasteiger partial charge is 0.454 e. The Balaban J connectivity index is 2.09. The van der Waals surface area contributed by atoms with Crippen LogP contribution in [0.1, 0.15) is 26.3 Å². The molecule has 2 aromatic rings. The topological polar surface area (TPSA) is 86.5 Å². The van der Waals surface area contributed by atoms with Gasteiger partial charge in [-0.2, -0.15) is 0 Å². The third kappa shape index (κ3) is 4.10. The summed E-state index contributed by atoms with van der Waals surface area (Å²) in [4.78, 5) is 34.3. The van der Waals surface area contributed by atoms with E-state index in [4.69, 9.17) is 27.9 Å². The van der Waals surface area contributed by atoms with Crippen LogP contribution in [0.4, 0.5) is 5.69 Å². The first-order valence-corrected chi connectivity index (χ1v) is 7.45. The molecule has 0 spiro atoms. The van der Waals surface area contributed by atoms with E-state index in [9.17, 15) is 19.7 Å². The maximum Gasteiger partial charge on any atom is 0.338 e. The van der Waals surface area contributed by atoms with E-state index in [0.717, 1.165) is 6.07 Å². The Bertz CT molecular complexity index is 835. The van der Waals surface area contributed by atoms with Gasteiger partial charge in [-0.1, -0.05) is 29.3 Å². The van der Waals surface area contributed by atoms with Crippen LogP contribution in [0, 0.1) is 17.0 Å². The number of nitrogens with zero attached hydrogens (tertiary/aromatic N) is 1. The van der Waals surface area contributed by atoms with Crippen molar-refractivity contribution in [1.82, 2.24) is 0 Å². The SMILES string of the molecule is Cc1ccc(C(=O)OCC(=O)c2ccc(Cl)cc2Cl)cc1[N+](=O)[O-]. The van der Waals surface area contributed by atoms with E-state index in [1.165, 1.54) is 30.3 Å². The Morgan fingerprint density at radius 1 is 1.17 bits per heavy atom. The van der Waals surface area contributed by atoms with Gasteiger partial charge in [-0.25, -0.2) is 4.79 Å². The van der Waals surface area contributed by atoms with E-state index in [0.29, 0.717) is 10.6 Å². The first-order chi connectivity index (χ1) is 11.3. The molecule has 0 fully saturated rings. The number of Topliss-reactive ketones (excluding diaryl/α,β-unsaturated/α-hetero) is 1. The summed E-state index contributed by atoms with van der Waals surface area (Å²) in [6.07, 6.45) is 0. The van der Waals surface area contributed by atoms with Gasteiger partial charge in [0.15, 0.2) is 6.61 Å². The second-order valence-electron chi connectivity index (χ2n) is 4.88. The number of ether oxygens (including phenoxy) is 1. The first kappa shape index (κ1) is 17.9. The van der Waals surface area contributed by atoms with Gasteiger partial charge in [-0.05, 0) is 31.2 Å². The Hall–Kier alpha value is -2.44. The number of nitro groups is 1. The lowest BCUT2D eigenvalue weighted by Gasteiger charge is -2.06. The van der Waals surface area contributed by atoms with Crippen LogP contribution in [-0.2, 0) is 4.74 Å². The predicted molar refractivity (Wildman–Crippen MR) is 88.9 cm³/mol. The van der Waals surface area contributed by atoms with Crippen molar-refractivity contribution in [2.45, 2.75) is 6.92 Å². The van der Waals surface area contributed by atoms with Gasteiger partial charge in [0, 0.05) is 22.2 Å². The molecule has 0 saturated heterocycles. The Morgan fingerprint density at radius 2 is 1.88 bits per heavy atom. The fourth-order valence-corrected chi connectivity index (χ4v) is 2.45. The van der Waals surface area contributed by atoms with Crippen LogP contribution in [-0.4, -0.2) is 23.3 Å². The summed E-state index contributed by atoms with van der Waals surface area (Å²) in [5, 5.41) is 11.4. The molecule has 2 aromatic carbocycles. The number of benzene rings is 2. The van der Waals surface area contributed by atoms with Crippen molar-refractivity contribution < 1.29 is 19.2 Å². The molecular weight excluding hydrogens is 357 g/mol. The molecule has 0 aromatic heterocycles. The van der Waals surface area contributed by atoms with E-state index in [1.54, 1.807) is 6.92 Å². The number of aryl methyl sites for hydroxylation is 1. The van der Waals surface area contributed by atoms with Gasteiger partial charge in [-0.3, -0.25) is 14.9 Å². The predicted octanol–water partition coefficient (Wildman–Crippen LogP) is 4.25. The standard InChI is InChI=1S/C16H11Cl2NO5/c1-9-2-3-10(6-14(9)19(22)23)16(21)24-8-15(20)12-5-4-11(17)7-13(12)18/h2-7H,8H2,1H3. The highest BCUT2D eigenvalue weighted by Crippen LogP contribution is 2.22. The number of esters is 1. The van der Waals surface area contributed by atoms with Crippen LogP contribution in [0.3, 0.4) is 0 Å². The highest BCUT2D eigenvalue weighted by atomic mass is 35.5. The zero-order chi connectivity index (χ0) is 17.9. The highest BCUT2D eigenvalue weighted by molar-refractivity contribution is 6.36. The van der Waals surface area contributed by atoms with E-state index in [-0.39, 0.29) is 21.8 Å². The van der Waals surface area contributed by atoms with Gasteiger partial charge in [0.25, 0.3) is 5.69 Å². The average molecular weight is 368 g/mol. The molecule has 0 aliphatic heterocycles. The summed E-state index contributed by atoms with van der Waals surface area (Å²) >= 11 is 11.7. The fraction of sp³-hybridized carbons (Fsp3) is 0.125. The molecule has 0 heterocycles. The number of carbonyl (C=O) groups is 2. The third-order valence-corrected chi connectivity index (χ3v) is 3.76. The molecule has 0 aliphatic carbocycles. The van der Waals surface area contributed by atoms with Crippen molar-refractivity contribution in [3.63, 3.8) is 0 Å². The van der Waals surface area contributed by atoms with Crippen molar-refractivity contribution in [3.05, 3.63) is 73.2 Å². The zero-order valence-electron chi connectivity index (χ0n) is 12.4. The fourth-order valence-electron chi connectivity index (χ4n) is 1.94. The first-order valence-electron chi connectivity index (χ1n) is 6.70. The smallest absolute Gasteiger partial charge is 0.338 e. The third-order valence-electron chi connectivity index (χ3n) is 3.21. The van der Waals surface area contributed by atoms with Crippen molar-refractivity contribution in [1.29, 1.82) is 0 Å². The number of carbonyl (C=O) groups excluding carboxylic acids is 2. The van der Waals surface area contributed by atoms with E-state index in [2.05, 4.69) is 0 Å². The van der Waals surface area contributed by atoms with Crippen molar-refractivity contribution >= 4 is 40.6 Å². The molecule has 6 nitrogen and oxygen atoms in total. The van der Waals surface area contributed by atoms with Crippen molar-refractivity contribution in [2.75, 3.05) is 6.61 Å². The summed E-state index contributed by atoms with van der Waals surface area (Å²) in [6, 6.07) is 8.26. The summed E-state index contributed by atoms with van der Waals surface area (Å²) in [5.74, 6) is -1.34. The number of hydrogen-bond acceptors (Lipinski definition) is 5. The minimum Gasteiger partial charge on any atom is -0.454 e. The van der Waals surface area contributed by atoms with Crippen molar-refractivity contribution in [2.24, 2.45) is 0 Å². The molecule has 2 rings (SSSR count). The van der Waals surface area contributed by atoms with Gasteiger partial charge in [0.1, 0.15) is 0 Å². The maximum atomic E-state index is 12.0. The molecule has 8 heteroatoms. The summed E-state index contributed by atoms with van der Waals surface area (Å²) < 4.78 is 4.90. The molecule has 0 saturated carbocycles. The van der Waals surface area contributed by atoms with Crippen LogP contribution >= 0.6 is 23.2 Å². The summed E-state index contributed by atoms with van der Waals surface area (Å²) in [5.41, 5.74) is 0.378. The quantitative estimate of drug-likeness (QED) is 0.341. The Kier molecular flexibility index (Phi) is 5.54. The second kappa shape index (κ2) is 7.42. The van der Waals surface area contributed by atoms with Crippen molar-refractivity contribution in [3.8, 4) is 0 Å². The monoisotopic (exact) mass is 367 g/mol. The van der Waals surface area contributed by atoms with Crippen LogP contribution in [0.2, 0.25) is 10.0 Å². The number of halogens is 2. The molecule has 0 bridgehead atoms. The lowest BCUT2D eigenvalue weighted by molar-refractivity contribution is -0.385. The molecule has 0 N–H and O–H groups in total. The second-order valence-corrected chi connectivity index (χ2v) is 5.73. The van der Waals surface area contributed by atoms with E-state index < -0.39 is 23.3 Å². The van der Waals surface area contributed by atoms with Crippen LogP contribution in [0.5, 0.6) is 0 Å². The van der Waals surface area contributed by atoms with Crippen LogP contribution < -0.4 is 0 Å². The van der Waals surface area contributed by atoms with Crippen LogP contribution in [0.25, 0.3) is 0 Å². The molecule has 0 amide bonds. The molecule has 0 aliphatic rings. The van der Waals surface area contributed by atoms with Gasteiger partial charge in [0.05, 0.1) is 15.5 Å². The molecule has 0 unspecified atom stereocenters. The Morgan fingerprint density at radius 3 is 2.50 bits per heavy atom. The van der Waals surface area contributed by atoms with Gasteiger partial charge < -0.3 is 4.74 Å². The molecule has 0 radical (unpaired) electrons. The summed E-state index contributed by atoms with van der Waals surface area (Å²) in [7, 11) is 0. The van der Waals surface area contributed by atoms with E-state index in [1.807, 2.05) is 0 Å². The summed E-state index contributed by atoms with van der Waals surface area (Å²) in [6.45, 7) is 1.02. The number of rotatable bonds is 5. The average Bonchev–Trinajstić information content (AvgIpc) is 2.52. The number of hydrogen-bond donors (Lipinski definition) is 0. The maximum absolute atomic E-state index is 12.0. The van der Waals surface area contributed by atoms with E-state index >= 15 is 0 Å². The Labute approximate surface area is 147 Å². The highest BCUT2D eigenvalue weighted by Gasteiger charge is 2.18. The minimum absolute atomic E-state index is 0.0118. The lowest BCUT2D eigenvalue weighted by Crippen LogP contribution is -2.15. The molecule has 0 atom stereocenters. The molecular formula is C16H11Cl2NO5. The zero-order valence-corrected chi connectivity index (χ0v) is 13.9. The number of ketones is 1. The number of nitro benzene ring substituents is 1. The molecule has 24 heavy (non-hydrogen) atoms. The van der Waals surface area contributed by atoms with Crippen LogP contribution in [0.15, 0.2) is 36.4 Å². The molecule has 124 valence electrons. The van der Waals surface area contributed by atoms with Gasteiger partial charge in [0.2, 0.25) is 5.78 Å². The lowest BCUT2D eigenvalue weighted by atomic mass is 10.1. The minimum atomic E-state index is -0.837. The van der Waals surface area contributed by atoms with Gasteiger partial charge >= 0.3 is 5.97 Å².